The van der Waals surface area contributed by atoms with E-state index in [-0.39, 0.29) is 5.91 Å². The minimum absolute atomic E-state index is 0.0989. The lowest BCUT2D eigenvalue weighted by atomic mass is 10.1. The zero-order valence-electron chi connectivity index (χ0n) is 17.0. The van der Waals surface area contributed by atoms with Gasteiger partial charge in [0.25, 0.3) is 0 Å². The number of aliphatic imine (C=N–C) groups is 1. The van der Waals surface area contributed by atoms with Gasteiger partial charge in [0, 0.05) is 37.8 Å². The summed E-state index contributed by atoms with van der Waals surface area (Å²) in [5.41, 5.74) is 3.07. The van der Waals surface area contributed by atoms with Crippen LogP contribution in [0.15, 0.2) is 41.4 Å². The Morgan fingerprint density at radius 2 is 2.00 bits per heavy atom. The van der Waals surface area contributed by atoms with Crippen molar-refractivity contribution in [3.05, 3.63) is 53.2 Å². The summed E-state index contributed by atoms with van der Waals surface area (Å²) in [4.78, 5) is 20.5. The van der Waals surface area contributed by atoms with E-state index in [1.807, 2.05) is 45.0 Å². The van der Waals surface area contributed by atoms with E-state index in [1.165, 1.54) is 0 Å². The summed E-state index contributed by atoms with van der Waals surface area (Å²) in [6, 6.07) is 11.7. The standard InChI is InChI=1S/C21H29N5O2/c1-5-28-18-13-15(2)9-10-17(18)14-24-21(22-4)23-12-11-20(27)26-19-8-6-7-16(3)25-19/h6-10,13H,5,11-12,14H2,1-4H3,(H2,22,23,24)(H,25,26,27). The summed E-state index contributed by atoms with van der Waals surface area (Å²) < 4.78 is 5.70. The molecule has 150 valence electrons. The highest BCUT2D eigenvalue weighted by Gasteiger charge is 2.07. The molecule has 0 spiro atoms. The van der Waals surface area contributed by atoms with Crippen LogP contribution in [0.25, 0.3) is 0 Å². The molecule has 0 radical (unpaired) electrons. The third-order valence-corrected chi connectivity index (χ3v) is 3.99. The van der Waals surface area contributed by atoms with Gasteiger partial charge in [-0.25, -0.2) is 4.98 Å². The van der Waals surface area contributed by atoms with Gasteiger partial charge in [-0.1, -0.05) is 18.2 Å². The third kappa shape index (κ3) is 6.90. The van der Waals surface area contributed by atoms with E-state index in [2.05, 4.69) is 32.0 Å². The van der Waals surface area contributed by atoms with Gasteiger partial charge in [-0.2, -0.15) is 0 Å². The molecule has 7 nitrogen and oxygen atoms in total. The first-order valence-corrected chi connectivity index (χ1v) is 9.42. The van der Waals surface area contributed by atoms with Crippen molar-refractivity contribution in [3.63, 3.8) is 0 Å². The molecule has 0 unspecified atom stereocenters. The lowest BCUT2D eigenvalue weighted by Gasteiger charge is -2.15. The molecule has 1 aromatic heterocycles. The predicted molar refractivity (Wildman–Crippen MR) is 113 cm³/mol. The maximum absolute atomic E-state index is 12.1. The van der Waals surface area contributed by atoms with Crippen LogP contribution in [0.3, 0.4) is 0 Å². The maximum atomic E-state index is 12.1. The summed E-state index contributed by atoms with van der Waals surface area (Å²) in [7, 11) is 1.70. The molecule has 0 aliphatic carbocycles. The van der Waals surface area contributed by atoms with Crippen LogP contribution >= 0.6 is 0 Å². The first-order chi connectivity index (χ1) is 13.5. The first kappa shape index (κ1) is 21.2. The van der Waals surface area contributed by atoms with Crippen LogP contribution in [0.2, 0.25) is 0 Å². The van der Waals surface area contributed by atoms with E-state index in [9.17, 15) is 4.79 Å². The Morgan fingerprint density at radius 1 is 1.18 bits per heavy atom. The molecule has 28 heavy (non-hydrogen) atoms. The van der Waals surface area contributed by atoms with Gasteiger partial charge in [0.2, 0.25) is 5.91 Å². The average molecular weight is 383 g/mol. The highest BCUT2D eigenvalue weighted by molar-refractivity contribution is 5.90. The number of carbonyl (C=O) groups is 1. The number of rotatable bonds is 8. The Morgan fingerprint density at radius 3 is 2.71 bits per heavy atom. The zero-order valence-corrected chi connectivity index (χ0v) is 17.0. The number of hydrogen-bond donors (Lipinski definition) is 3. The molecule has 3 N–H and O–H groups in total. The Balaban J connectivity index is 1.79. The van der Waals surface area contributed by atoms with Gasteiger partial charge in [-0.3, -0.25) is 9.79 Å². The second kappa shape index (κ2) is 10.9. The lowest BCUT2D eigenvalue weighted by Crippen LogP contribution is -2.38. The SMILES string of the molecule is CCOc1cc(C)ccc1CNC(=NC)NCCC(=O)Nc1cccc(C)n1. The number of guanidine groups is 1. The molecule has 1 aromatic carbocycles. The van der Waals surface area contributed by atoms with Crippen LogP contribution in [0.5, 0.6) is 5.75 Å². The monoisotopic (exact) mass is 383 g/mol. The zero-order chi connectivity index (χ0) is 20.4. The fourth-order valence-electron chi connectivity index (χ4n) is 2.61. The second-order valence-electron chi connectivity index (χ2n) is 6.36. The Hall–Kier alpha value is -3.09. The van der Waals surface area contributed by atoms with Crippen molar-refractivity contribution >= 4 is 17.7 Å². The number of pyridine rings is 1. The van der Waals surface area contributed by atoms with Gasteiger partial charge in [0.15, 0.2) is 5.96 Å². The van der Waals surface area contributed by atoms with Crippen LogP contribution in [0.1, 0.15) is 30.2 Å². The summed E-state index contributed by atoms with van der Waals surface area (Å²) >= 11 is 0. The van der Waals surface area contributed by atoms with Crippen molar-refractivity contribution in [1.29, 1.82) is 0 Å². The highest BCUT2D eigenvalue weighted by atomic mass is 16.5. The van der Waals surface area contributed by atoms with Crippen LogP contribution in [-0.4, -0.2) is 37.1 Å². The number of nitrogens with zero attached hydrogens (tertiary/aromatic N) is 2. The number of ether oxygens (including phenoxy) is 1. The maximum Gasteiger partial charge on any atom is 0.227 e. The van der Waals surface area contributed by atoms with Crippen molar-refractivity contribution in [1.82, 2.24) is 15.6 Å². The fourth-order valence-corrected chi connectivity index (χ4v) is 2.61. The molecule has 0 saturated heterocycles. The molecular weight excluding hydrogens is 354 g/mol. The van der Waals surface area contributed by atoms with Gasteiger partial charge >= 0.3 is 0 Å². The molecule has 1 heterocycles. The number of aryl methyl sites for hydroxylation is 2. The molecular formula is C21H29N5O2. The first-order valence-electron chi connectivity index (χ1n) is 9.42. The molecule has 0 atom stereocenters. The molecule has 0 saturated carbocycles. The smallest absolute Gasteiger partial charge is 0.227 e. The largest absolute Gasteiger partial charge is 0.494 e. The molecule has 2 aromatic rings. The summed E-state index contributed by atoms with van der Waals surface area (Å²) in [6.45, 7) is 7.55. The van der Waals surface area contributed by atoms with Gasteiger partial charge in [-0.05, 0) is 44.5 Å². The number of anilines is 1. The van der Waals surface area contributed by atoms with Crippen molar-refractivity contribution in [2.75, 3.05) is 25.5 Å². The fraction of sp³-hybridized carbons (Fsp3) is 0.381. The van der Waals surface area contributed by atoms with Crippen LogP contribution < -0.4 is 20.7 Å². The molecule has 0 bridgehead atoms. The molecule has 0 fully saturated rings. The Labute approximate surface area is 166 Å². The minimum atomic E-state index is -0.0989. The molecule has 7 heteroatoms. The number of benzene rings is 1. The third-order valence-electron chi connectivity index (χ3n) is 3.99. The van der Waals surface area contributed by atoms with E-state index >= 15 is 0 Å². The molecule has 0 aliphatic heterocycles. The number of amides is 1. The summed E-state index contributed by atoms with van der Waals surface area (Å²) in [5, 5.41) is 9.19. The molecule has 2 rings (SSSR count). The van der Waals surface area contributed by atoms with Gasteiger partial charge < -0.3 is 20.7 Å². The minimum Gasteiger partial charge on any atom is -0.494 e. The quantitative estimate of drug-likeness (QED) is 0.482. The predicted octanol–water partition coefficient (Wildman–Crippen LogP) is 2.79. The number of hydrogen-bond acceptors (Lipinski definition) is 4. The van der Waals surface area contributed by atoms with Crippen LogP contribution in [0.4, 0.5) is 5.82 Å². The molecule has 1 amide bonds. The van der Waals surface area contributed by atoms with Crippen molar-refractivity contribution in [3.8, 4) is 5.75 Å². The van der Waals surface area contributed by atoms with E-state index in [0.29, 0.717) is 37.9 Å². The van der Waals surface area contributed by atoms with Crippen molar-refractivity contribution in [2.24, 2.45) is 4.99 Å². The molecule has 0 aliphatic rings. The van der Waals surface area contributed by atoms with Crippen LogP contribution in [0, 0.1) is 13.8 Å². The van der Waals surface area contributed by atoms with Crippen molar-refractivity contribution < 1.29 is 9.53 Å². The average Bonchev–Trinajstić information content (AvgIpc) is 2.66. The van der Waals surface area contributed by atoms with E-state index in [0.717, 1.165) is 22.6 Å². The van der Waals surface area contributed by atoms with Crippen molar-refractivity contribution in [2.45, 2.75) is 33.7 Å². The van der Waals surface area contributed by atoms with E-state index in [4.69, 9.17) is 4.74 Å². The second-order valence-corrected chi connectivity index (χ2v) is 6.36. The Bertz CT molecular complexity index is 820. The Kier molecular flexibility index (Phi) is 8.27. The van der Waals surface area contributed by atoms with Gasteiger partial charge in [0.1, 0.15) is 11.6 Å². The normalized spacial score (nSPS) is 11.1. The number of aromatic nitrogens is 1. The lowest BCUT2D eigenvalue weighted by molar-refractivity contribution is -0.116. The number of carbonyl (C=O) groups excluding carboxylic acids is 1. The topological polar surface area (TPSA) is 87.6 Å². The van der Waals surface area contributed by atoms with E-state index < -0.39 is 0 Å². The van der Waals surface area contributed by atoms with Gasteiger partial charge in [0.05, 0.1) is 6.61 Å². The van der Waals surface area contributed by atoms with Crippen LogP contribution in [-0.2, 0) is 11.3 Å². The summed E-state index contributed by atoms with van der Waals surface area (Å²) in [5.74, 6) is 1.97. The highest BCUT2D eigenvalue weighted by Crippen LogP contribution is 2.20. The number of nitrogens with one attached hydrogen (secondary N) is 3. The van der Waals surface area contributed by atoms with Gasteiger partial charge in [-0.15, -0.1) is 0 Å². The van der Waals surface area contributed by atoms with E-state index in [1.54, 1.807) is 13.1 Å². The summed E-state index contributed by atoms with van der Waals surface area (Å²) in [6.07, 6.45) is 0.311.